The molecule has 0 bridgehead atoms. The lowest BCUT2D eigenvalue weighted by Gasteiger charge is -2.29. The maximum Gasteiger partial charge on any atom is 0.324 e. The molecule has 0 saturated carbocycles. The molecule has 1 rings (SSSR count). The topological polar surface area (TPSA) is 82.2 Å². The van der Waals surface area contributed by atoms with Crippen LogP contribution in [0.2, 0.25) is 0 Å². The summed E-state index contributed by atoms with van der Waals surface area (Å²) in [6, 6.07) is 9.31. The van der Waals surface area contributed by atoms with Crippen molar-refractivity contribution in [2.24, 2.45) is 10.9 Å². The molecule has 0 aliphatic rings. The molecule has 0 aromatic heterocycles. The van der Waals surface area contributed by atoms with Crippen molar-refractivity contribution >= 4 is 17.6 Å². The summed E-state index contributed by atoms with van der Waals surface area (Å²) in [5.74, 6) is 0.110. The van der Waals surface area contributed by atoms with Crippen LogP contribution in [0.4, 0.5) is 10.5 Å². The molecule has 6 heteroatoms. The Kier molecular flexibility index (Phi) is 6.36. The van der Waals surface area contributed by atoms with E-state index in [1.165, 1.54) is 0 Å². The molecular weight excluding hydrogens is 256 g/mol. The number of nitrogens with zero attached hydrogens (tertiary/aromatic N) is 3. The van der Waals surface area contributed by atoms with Gasteiger partial charge in [-0.05, 0) is 26.0 Å². The number of para-hydroxylation sites is 1. The van der Waals surface area contributed by atoms with Gasteiger partial charge in [0, 0.05) is 31.7 Å². The Balaban J connectivity index is 2.92. The highest BCUT2D eigenvalue weighted by molar-refractivity contribution is 5.93. The number of carbonyl (C=O) groups excluding carboxylic acids is 1. The maximum atomic E-state index is 12.5. The number of amidine groups is 1. The Hall–Kier alpha value is -2.24. The number of carbonyl (C=O) groups is 1. The summed E-state index contributed by atoms with van der Waals surface area (Å²) in [4.78, 5) is 15.9. The first-order chi connectivity index (χ1) is 9.63. The van der Waals surface area contributed by atoms with Crippen LogP contribution in [0.3, 0.4) is 0 Å². The van der Waals surface area contributed by atoms with Crippen LogP contribution < -0.4 is 10.6 Å². The molecular formula is C14H22N4O2. The largest absolute Gasteiger partial charge is 0.409 e. The van der Waals surface area contributed by atoms with Gasteiger partial charge in [-0.15, -0.1) is 0 Å². The molecule has 1 aromatic carbocycles. The van der Waals surface area contributed by atoms with Crippen LogP contribution in [0.15, 0.2) is 35.5 Å². The molecule has 0 atom stereocenters. The van der Waals surface area contributed by atoms with E-state index in [0.717, 1.165) is 5.69 Å². The van der Waals surface area contributed by atoms with Gasteiger partial charge in [-0.3, -0.25) is 4.90 Å². The van der Waals surface area contributed by atoms with Gasteiger partial charge in [0.1, 0.15) is 5.84 Å². The Bertz CT molecular complexity index is 444. The minimum absolute atomic E-state index is 0.0769. The predicted octanol–water partition coefficient (Wildman–Crippen LogP) is 2.09. The average Bonchev–Trinajstić information content (AvgIpc) is 2.49. The van der Waals surface area contributed by atoms with Gasteiger partial charge in [-0.25, -0.2) is 4.79 Å². The zero-order chi connectivity index (χ0) is 15.0. The smallest absolute Gasteiger partial charge is 0.324 e. The number of hydrogen-bond acceptors (Lipinski definition) is 3. The Labute approximate surface area is 119 Å². The van der Waals surface area contributed by atoms with E-state index in [-0.39, 0.29) is 11.9 Å². The highest BCUT2D eigenvalue weighted by atomic mass is 16.4. The van der Waals surface area contributed by atoms with Crippen molar-refractivity contribution in [3.05, 3.63) is 30.3 Å². The second kappa shape index (κ2) is 8.04. The highest BCUT2D eigenvalue weighted by Crippen LogP contribution is 2.16. The monoisotopic (exact) mass is 278 g/mol. The summed E-state index contributed by atoms with van der Waals surface area (Å²) in [7, 11) is 0. The van der Waals surface area contributed by atoms with Crippen molar-refractivity contribution < 1.29 is 10.0 Å². The lowest BCUT2D eigenvalue weighted by molar-refractivity contribution is 0.210. The number of anilines is 1. The number of hydrogen-bond donors (Lipinski definition) is 2. The van der Waals surface area contributed by atoms with Crippen molar-refractivity contribution in [1.82, 2.24) is 4.90 Å². The first kappa shape index (κ1) is 15.8. The molecule has 3 N–H and O–H groups in total. The lowest BCUT2D eigenvalue weighted by atomic mass is 10.2. The predicted molar refractivity (Wildman–Crippen MR) is 80.1 cm³/mol. The summed E-state index contributed by atoms with van der Waals surface area (Å²) in [5, 5.41) is 11.5. The average molecular weight is 278 g/mol. The molecule has 2 amide bonds. The fourth-order valence-electron chi connectivity index (χ4n) is 1.88. The molecule has 0 spiro atoms. The first-order valence-electron chi connectivity index (χ1n) is 6.71. The minimum Gasteiger partial charge on any atom is -0.409 e. The third kappa shape index (κ3) is 4.15. The van der Waals surface area contributed by atoms with Crippen LogP contribution in [-0.2, 0) is 0 Å². The summed E-state index contributed by atoms with van der Waals surface area (Å²) < 4.78 is 0. The molecule has 20 heavy (non-hydrogen) atoms. The van der Waals surface area contributed by atoms with Gasteiger partial charge < -0.3 is 15.8 Å². The summed E-state index contributed by atoms with van der Waals surface area (Å²) in [6.45, 7) is 5.53. The molecule has 1 aromatic rings. The molecule has 6 nitrogen and oxygen atoms in total. The van der Waals surface area contributed by atoms with E-state index in [9.17, 15) is 4.79 Å². The van der Waals surface area contributed by atoms with Crippen molar-refractivity contribution in [2.75, 3.05) is 24.5 Å². The SMILES string of the molecule is CCN(CC)C(=O)N(CCC(N)=NO)c1ccccc1. The van der Waals surface area contributed by atoms with Gasteiger partial charge in [0.2, 0.25) is 0 Å². The van der Waals surface area contributed by atoms with Gasteiger partial charge >= 0.3 is 6.03 Å². The van der Waals surface area contributed by atoms with Crippen molar-refractivity contribution in [2.45, 2.75) is 20.3 Å². The number of urea groups is 1. The van der Waals surface area contributed by atoms with Crippen LogP contribution in [-0.4, -0.2) is 41.6 Å². The number of benzene rings is 1. The van der Waals surface area contributed by atoms with E-state index in [4.69, 9.17) is 10.9 Å². The Morgan fingerprint density at radius 1 is 1.25 bits per heavy atom. The summed E-state index contributed by atoms with van der Waals surface area (Å²) in [5.41, 5.74) is 6.29. The van der Waals surface area contributed by atoms with Gasteiger partial charge in [0.15, 0.2) is 0 Å². The summed E-state index contributed by atoms with van der Waals surface area (Å²) >= 11 is 0. The minimum atomic E-state index is -0.0769. The normalized spacial score (nSPS) is 11.2. The van der Waals surface area contributed by atoms with E-state index >= 15 is 0 Å². The van der Waals surface area contributed by atoms with Crippen molar-refractivity contribution in [1.29, 1.82) is 0 Å². The standard InChI is InChI=1S/C14H22N4O2/c1-3-17(4-2)14(19)18(11-10-13(15)16-20)12-8-6-5-7-9-12/h5-9,20H,3-4,10-11H2,1-2H3,(H2,15,16). The van der Waals surface area contributed by atoms with Gasteiger partial charge in [-0.1, -0.05) is 23.4 Å². The number of rotatable bonds is 6. The Morgan fingerprint density at radius 3 is 2.35 bits per heavy atom. The number of oxime groups is 1. The fraction of sp³-hybridized carbons (Fsp3) is 0.429. The molecule has 0 unspecified atom stereocenters. The third-order valence-corrected chi connectivity index (χ3v) is 3.05. The molecule has 110 valence electrons. The number of amides is 2. The van der Waals surface area contributed by atoms with E-state index in [1.807, 2.05) is 44.2 Å². The quantitative estimate of drug-likeness (QED) is 0.362. The molecule has 0 saturated heterocycles. The van der Waals surface area contributed by atoms with Crippen molar-refractivity contribution in [3.8, 4) is 0 Å². The second-order valence-corrected chi connectivity index (χ2v) is 4.28. The van der Waals surface area contributed by atoms with E-state index in [0.29, 0.717) is 26.1 Å². The number of nitrogens with two attached hydrogens (primary N) is 1. The van der Waals surface area contributed by atoms with Crippen LogP contribution in [0, 0.1) is 0 Å². The fourth-order valence-corrected chi connectivity index (χ4v) is 1.88. The van der Waals surface area contributed by atoms with E-state index in [1.54, 1.807) is 9.80 Å². The summed E-state index contributed by atoms with van der Waals surface area (Å²) in [6.07, 6.45) is 0.318. The highest BCUT2D eigenvalue weighted by Gasteiger charge is 2.20. The molecule has 0 aliphatic heterocycles. The van der Waals surface area contributed by atoms with Crippen molar-refractivity contribution in [3.63, 3.8) is 0 Å². The second-order valence-electron chi connectivity index (χ2n) is 4.28. The van der Waals surface area contributed by atoms with Gasteiger partial charge in [-0.2, -0.15) is 0 Å². The van der Waals surface area contributed by atoms with E-state index in [2.05, 4.69) is 5.16 Å². The van der Waals surface area contributed by atoms with Crippen LogP contribution >= 0.6 is 0 Å². The first-order valence-corrected chi connectivity index (χ1v) is 6.71. The molecule has 0 radical (unpaired) electrons. The molecule has 0 aliphatic carbocycles. The zero-order valence-electron chi connectivity index (χ0n) is 12.0. The Morgan fingerprint density at radius 2 is 1.85 bits per heavy atom. The molecule has 0 heterocycles. The maximum absolute atomic E-state index is 12.5. The van der Waals surface area contributed by atoms with Gasteiger partial charge in [0.05, 0.1) is 0 Å². The lowest BCUT2D eigenvalue weighted by Crippen LogP contribution is -2.44. The van der Waals surface area contributed by atoms with E-state index < -0.39 is 0 Å². The zero-order valence-corrected chi connectivity index (χ0v) is 12.0. The molecule has 0 fully saturated rings. The van der Waals surface area contributed by atoms with Crippen LogP contribution in [0.1, 0.15) is 20.3 Å². The third-order valence-electron chi connectivity index (χ3n) is 3.05. The van der Waals surface area contributed by atoms with Crippen LogP contribution in [0.25, 0.3) is 0 Å². The van der Waals surface area contributed by atoms with Crippen LogP contribution in [0.5, 0.6) is 0 Å². The van der Waals surface area contributed by atoms with Gasteiger partial charge in [0.25, 0.3) is 0 Å².